The first-order valence-electron chi connectivity index (χ1n) is 10.7. The number of benzene rings is 1. The lowest BCUT2D eigenvalue weighted by Gasteiger charge is -2.28. The average molecular weight is 434 g/mol. The largest absolute Gasteiger partial charge is 0.481 e. The maximum Gasteiger partial charge on any atom is 0.410 e. The van der Waals surface area contributed by atoms with E-state index in [0.29, 0.717) is 31.5 Å². The van der Waals surface area contributed by atoms with E-state index in [2.05, 4.69) is 0 Å². The second-order valence-electron chi connectivity index (χ2n) is 10.2. The lowest BCUT2D eigenvalue weighted by Crippen LogP contribution is -2.38. The van der Waals surface area contributed by atoms with E-state index in [1.54, 1.807) is 17.0 Å². The van der Waals surface area contributed by atoms with Gasteiger partial charge in [0.15, 0.2) is 0 Å². The molecule has 0 aliphatic carbocycles. The van der Waals surface area contributed by atoms with Crippen LogP contribution < -0.4 is 0 Å². The van der Waals surface area contributed by atoms with Crippen LogP contribution in [-0.4, -0.2) is 52.3 Å². The Morgan fingerprint density at radius 3 is 2.26 bits per heavy atom. The van der Waals surface area contributed by atoms with E-state index in [1.165, 1.54) is 0 Å². The molecule has 0 saturated carbocycles. The highest BCUT2D eigenvalue weighted by molar-refractivity contribution is 5.74. The highest BCUT2D eigenvalue weighted by Crippen LogP contribution is 2.30. The molecule has 0 bridgehead atoms. The van der Waals surface area contributed by atoms with E-state index in [1.807, 2.05) is 53.7 Å². The van der Waals surface area contributed by atoms with Crippen LogP contribution in [0.3, 0.4) is 0 Å². The molecule has 0 aromatic heterocycles. The molecule has 7 nitrogen and oxygen atoms in total. The van der Waals surface area contributed by atoms with Crippen molar-refractivity contribution in [3.05, 3.63) is 35.4 Å². The monoisotopic (exact) mass is 433 g/mol. The molecule has 1 N–H and O–H groups in total. The lowest BCUT2D eigenvalue weighted by molar-refractivity contribution is -0.162. The standard InChI is InChI=1S/C24H35NO6/c1-23(2,3)30-21(28)19(13-16-8-7-9-17(12-16)14-20(26)27)18-10-11-25(15-18)22(29)31-24(4,5)6/h7-9,12,18-19H,10-11,13-15H2,1-6H3,(H,26,27)/t18-,19+/m0/s1. The number of carboxylic acids is 1. The van der Waals surface area contributed by atoms with Crippen LogP contribution >= 0.6 is 0 Å². The fraction of sp³-hybridized carbons (Fsp3) is 0.625. The van der Waals surface area contributed by atoms with Crippen LogP contribution in [0.15, 0.2) is 24.3 Å². The lowest BCUT2D eigenvalue weighted by atomic mass is 9.85. The minimum Gasteiger partial charge on any atom is -0.481 e. The quantitative estimate of drug-likeness (QED) is 0.680. The summed E-state index contributed by atoms with van der Waals surface area (Å²) in [7, 11) is 0. The number of carbonyl (C=O) groups excluding carboxylic acids is 2. The zero-order valence-electron chi connectivity index (χ0n) is 19.4. The van der Waals surface area contributed by atoms with Crippen molar-refractivity contribution < 1.29 is 29.0 Å². The number of rotatable bonds is 6. The first-order chi connectivity index (χ1) is 14.2. The minimum absolute atomic E-state index is 0.0644. The molecule has 1 heterocycles. The van der Waals surface area contributed by atoms with Crippen molar-refractivity contribution in [2.75, 3.05) is 13.1 Å². The third-order valence-corrected chi connectivity index (χ3v) is 4.96. The van der Waals surface area contributed by atoms with Gasteiger partial charge in [0, 0.05) is 13.1 Å². The Labute approximate surface area is 184 Å². The van der Waals surface area contributed by atoms with Crippen LogP contribution in [0.4, 0.5) is 4.79 Å². The summed E-state index contributed by atoms with van der Waals surface area (Å²) in [4.78, 5) is 38.2. The number of hydrogen-bond acceptors (Lipinski definition) is 5. The summed E-state index contributed by atoms with van der Waals surface area (Å²) in [5.41, 5.74) is 0.369. The van der Waals surface area contributed by atoms with Crippen LogP contribution in [0.1, 0.15) is 59.1 Å². The molecule has 7 heteroatoms. The molecular formula is C24H35NO6. The zero-order valence-corrected chi connectivity index (χ0v) is 19.4. The maximum atomic E-state index is 13.1. The molecule has 172 valence electrons. The summed E-state index contributed by atoms with van der Waals surface area (Å²) in [6.45, 7) is 11.9. The Hall–Kier alpha value is -2.57. The fourth-order valence-electron chi connectivity index (χ4n) is 3.72. The van der Waals surface area contributed by atoms with Gasteiger partial charge >= 0.3 is 18.0 Å². The molecule has 0 spiro atoms. The number of likely N-dealkylation sites (tertiary alicyclic amines) is 1. The van der Waals surface area contributed by atoms with Gasteiger partial charge in [-0.15, -0.1) is 0 Å². The Balaban J connectivity index is 2.19. The molecule has 0 radical (unpaired) electrons. The van der Waals surface area contributed by atoms with Crippen LogP contribution in [0.2, 0.25) is 0 Å². The third kappa shape index (κ3) is 8.23. The van der Waals surface area contributed by atoms with E-state index >= 15 is 0 Å². The molecule has 1 aromatic rings. The van der Waals surface area contributed by atoms with Crippen molar-refractivity contribution in [1.29, 1.82) is 0 Å². The molecule has 1 aliphatic rings. The molecule has 1 saturated heterocycles. The topological polar surface area (TPSA) is 93.1 Å². The normalized spacial score (nSPS) is 17.9. The Kier molecular flexibility index (Phi) is 7.73. The van der Waals surface area contributed by atoms with E-state index in [9.17, 15) is 14.4 Å². The number of carbonyl (C=O) groups is 3. The Bertz CT molecular complexity index is 805. The summed E-state index contributed by atoms with van der Waals surface area (Å²) in [5.74, 6) is -1.70. The van der Waals surface area contributed by atoms with Crippen LogP contribution in [0.25, 0.3) is 0 Å². The van der Waals surface area contributed by atoms with Gasteiger partial charge in [0.1, 0.15) is 11.2 Å². The summed E-state index contributed by atoms with van der Waals surface area (Å²) < 4.78 is 11.2. The number of hydrogen-bond donors (Lipinski definition) is 1. The number of nitrogens with zero attached hydrogens (tertiary/aromatic N) is 1. The summed E-state index contributed by atoms with van der Waals surface area (Å²) in [6.07, 6.45) is 0.662. The molecule has 1 fully saturated rings. The number of ether oxygens (including phenoxy) is 2. The molecule has 31 heavy (non-hydrogen) atoms. The SMILES string of the molecule is CC(C)(C)OC(=O)[C@H](Cc1cccc(CC(=O)O)c1)[C@H]1CCN(C(=O)OC(C)(C)C)C1. The predicted molar refractivity (Wildman–Crippen MR) is 117 cm³/mol. The van der Waals surface area contributed by atoms with Gasteiger partial charge in [-0.25, -0.2) is 4.79 Å². The zero-order chi connectivity index (χ0) is 23.4. The second kappa shape index (κ2) is 9.71. The van der Waals surface area contributed by atoms with Crippen molar-refractivity contribution >= 4 is 18.0 Å². The third-order valence-electron chi connectivity index (χ3n) is 4.96. The molecule has 2 atom stereocenters. The van der Waals surface area contributed by atoms with E-state index in [0.717, 1.165) is 5.56 Å². The van der Waals surface area contributed by atoms with Gasteiger partial charge in [-0.05, 0) is 71.4 Å². The number of amides is 1. The van der Waals surface area contributed by atoms with Crippen LogP contribution in [-0.2, 0) is 31.9 Å². The van der Waals surface area contributed by atoms with Gasteiger partial charge in [0.2, 0.25) is 0 Å². The molecule has 1 amide bonds. The average Bonchev–Trinajstić information content (AvgIpc) is 3.06. The number of esters is 1. The maximum absolute atomic E-state index is 13.1. The van der Waals surface area contributed by atoms with Crippen LogP contribution in [0, 0.1) is 11.8 Å². The molecule has 2 rings (SSSR count). The van der Waals surface area contributed by atoms with E-state index in [4.69, 9.17) is 14.6 Å². The highest BCUT2D eigenvalue weighted by atomic mass is 16.6. The smallest absolute Gasteiger partial charge is 0.410 e. The Morgan fingerprint density at radius 1 is 1.06 bits per heavy atom. The Morgan fingerprint density at radius 2 is 1.68 bits per heavy atom. The molecule has 1 aliphatic heterocycles. The van der Waals surface area contributed by atoms with E-state index in [-0.39, 0.29) is 24.4 Å². The van der Waals surface area contributed by atoms with Crippen molar-refractivity contribution in [1.82, 2.24) is 4.90 Å². The van der Waals surface area contributed by atoms with Crippen molar-refractivity contribution in [3.63, 3.8) is 0 Å². The number of aliphatic carboxylic acids is 1. The van der Waals surface area contributed by atoms with Crippen LogP contribution in [0.5, 0.6) is 0 Å². The van der Waals surface area contributed by atoms with E-state index < -0.39 is 23.1 Å². The van der Waals surface area contributed by atoms with Gasteiger partial charge < -0.3 is 19.5 Å². The summed E-state index contributed by atoms with van der Waals surface area (Å²) in [5, 5.41) is 9.07. The molecule has 1 aromatic carbocycles. The van der Waals surface area contributed by atoms with Gasteiger partial charge in [0.05, 0.1) is 12.3 Å². The minimum atomic E-state index is -0.898. The summed E-state index contributed by atoms with van der Waals surface area (Å²) >= 11 is 0. The first kappa shape index (κ1) is 24.7. The predicted octanol–water partition coefficient (Wildman–Crippen LogP) is 4.07. The van der Waals surface area contributed by atoms with Gasteiger partial charge in [-0.2, -0.15) is 0 Å². The van der Waals surface area contributed by atoms with Crippen molar-refractivity contribution in [3.8, 4) is 0 Å². The highest BCUT2D eigenvalue weighted by Gasteiger charge is 2.39. The van der Waals surface area contributed by atoms with Gasteiger partial charge in [-0.1, -0.05) is 24.3 Å². The first-order valence-corrected chi connectivity index (χ1v) is 10.7. The number of carboxylic acid groups (broad SMARTS) is 1. The molecular weight excluding hydrogens is 398 g/mol. The van der Waals surface area contributed by atoms with Gasteiger partial charge in [0.25, 0.3) is 0 Å². The second-order valence-corrected chi connectivity index (χ2v) is 10.2. The van der Waals surface area contributed by atoms with Crippen molar-refractivity contribution in [2.45, 2.75) is 72.0 Å². The van der Waals surface area contributed by atoms with Gasteiger partial charge in [-0.3, -0.25) is 9.59 Å². The summed E-state index contributed by atoms with van der Waals surface area (Å²) in [6, 6.07) is 7.29. The van der Waals surface area contributed by atoms with Crippen molar-refractivity contribution in [2.24, 2.45) is 11.8 Å². The fourth-order valence-corrected chi connectivity index (χ4v) is 3.72. The molecule has 0 unspecified atom stereocenters.